The SMILES string of the molecule is CCC(C)NC(=O)C1CSC(CC)N1C(=O)c1ccc(C(C)(C)C)cc1. The van der Waals surface area contributed by atoms with Crippen LogP contribution in [0.2, 0.25) is 0 Å². The zero-order valence-electron chi connectivity index (χ0n) is 16.8. The van der Waals surface area contributed by atoms with Crippen molar-refractivity contribution in [3.05, 3.63) is 35.4 Å². The molecule has 0 aromatic heterocycles. The van der Waals surface area contributed by atoms with Gasteiger partial charge >= 0.3 is 0 Å². The average Bonchev–Trinajstić information content (AvgIpc) is 3.04. The molecule has 26 heavy (non-hydrogen) atoms. The average molecular weight is 377 g/mol. The van der Waals surface area contributed by atoms with Crippen LogP contribution in [0, 0.1) is 0 Å². The van der Waals surface area contributed by atoms with Crippen LogP contribution in [-0.2, 0) is 10.2 Å². The number of benzene rings is 1. The second kappa shape index (κ2) is 8.47. The lowest BCUT2D eigenvalue weighted by molar-refractivity contribution is -0.125. The minimum absolute atomic E-state index is 0.0394. The van der Waals surface area contributed by atoms with Crippen LogP contribution in [-0.4, -0.2) is 39.9 Å². The van der Waals surface area contributed by atoms with Crippen molar-refractivity contribution in [1.82, 2.24) is 10.2 Å². The van der Waals surface area contributed by atoms with Gasteiger partial charge in [-0.15, -0.1) is 11.8 Å². The van der Waals surface area contributed by atoms with Gasteiger partial charge in [0.25, 0.3) is 5.91 Å². The fourth-order valence-electron chi connectivity index (χ4n) is 3.06. The molecule has 1 heterocycles. The van der Waals surface area contributed by atoms with Crippen LogP contribution in [0.1, 0.15) is 70.3 Å². The van der Waals surface area contributed by atoms with E-state index in [-0.39, 0.29) is 28.6 Å². The normalized spacial score (nSPS) is 21.5. The number of amides is 2. The van der Waals surface area contributed by atoms with E-state index in [1.807, 2.05) is 38.1 Å². The first kappa shape index (κ1) is 20.8. The van der Waals surface area contributed by atoms with Gasteiger partial charge < -0.3 is 10.2 Å². The van der Waals surface area contributed by atoms with Crippen molar-refractivity contribution in [2.45, 2.75) is 77.3 Å². The molecule has 1 fully saturated rings. The predicted molar refractivity (Wildman–Crippen MR) is 110 cm³/mol. The highest BCUT2D eigenvalue weighted by Gasteiger charge is 2.41. The van der Waals surface area contributed by atoms with E-state index in [0.29, 0.717) is 11.3 Å². The van der Waals surface area contributed by atoms with E-state index in [0.717, 1.165) is 12.8 Å². The van der Waals surface area contributed by atoms with Crippen LogP contribution >= 0.6 is 11.8 Å². The summed E-state index contributed by atoms with van der Waals surface area (Å²) in [6.07, 6.45) is 1.72. The lowest BCUT2D eigenvalue weighted by Crippen LogP contribution is -2.51. The molecule has 1 saturated heterocycles. The monoisotopic (exact) mass is 376 g/mol. The molecule has 0 aliphatic carbocycles. The van der Waals surface area contributed by atoms with Gasteiger partial charge in [0.05, 0.1) is 5.37 Å². The fourth-order valence-corrected chi connectivity index (χ4v) is 4.41. The van der Waals surface area contributed by atoms with Gasteiger partial charge in [-0.05, 0) is 42.9 Å². The number of hydrogen-bond donors (Lipinski definition) is 1. The molecule has 1 aliphatic heterocycles. The predicted octanol–water partition coefficient (Wildman–Crippen LogP) is 4.19. The first-order valence-corrected chi connectivity index (χ1v) is 10.6. The maximum absolute atomic E-state index is 13.2. The van der Waals surface area contributed by atoms with Gasteiger partial charge in [0.2, 0.25) is 5.91 Å². The van der Waals surface area contributed by atoms with E-state index in [1.54, 1.807) is 16.7 Å². The molecule has 1 aromatic carbocycles. The summed E-state index contributed by atoms with van der Waals surface area (Å²) < 4.78 is 0. The third-order valence-electron chi connectivity index (χ3n) is 4.98. The Morgan fingerprint density at radius 3 is 2.35 bits per heavy atom. The summed E-state index contributed by atoms with van der Waals surface area (Å²) in [7, 11) is 0. The number of carbonyl (C=O) groups excluding carboxylic acids is 2. The number of nitrogens with zero attached hydrogens (tertiary/aromatic N) is 1. The molecule has 0 radical (unpaired) electrons. The van der Waals surface area contributed by atoms with E-state index >= 15 is 0 Å². The van der Waals surface area contributed by atoms with Crippen molar-refractivity contribution < 1.29 is 9.59 Å². The molecule has 3 atom stereocenters. The third-order valence-corrected chi connectivity index (χ3v) is 6.43. The van der Waals surface area contributed by atoms with Crippen molar-refractivity contribution in [2.24, 2.45) is 0 Å². The summed E-state index contributed by atoms with van der Waals surface area (Å²) >= 11 is 1.70. The molecular weight excluding hydrogens is 344 g/mol. The molecule has 1 aromatic rings. The van der Waals surface area contributed by atoms with E-state index in [9.17, 15) is 9.59 Å². The number of thioether (sulfide) groups is 1. The van der Waals surface area contributed by atoms with Crippen LogP contribution in [0.25, 0.3) is 0 Å². The molecule has 5 heteroatoms. The van der Waals surface area contributed by atoms with E-state index in [4.69, 9.17) is 0 Å². The van der Waals surface area contributed by atoms with Crippen LogP contribution in [0.5, 0.6) is 0 Å². The van der Waals surface area contributed by atoms with E-state index in [2.05, 4.69) is 33.0 Å². The quantitative estimate of drug-likeness (QED) is 0.838. The number of rotatable bonds is 5. The van der Waals surface area contributed by atoms with Crippen LogP contribution < -0.4 is 5.32 Å². The summed E-state index contributed by atoms with van der Waals surface area (Å²) in [5.74, 6) is 0.570. The number of nitrogens with one attached hydrogen (secondary N) is 1. The first-order chi connectivity index (χ1) is 12.2. The molecule has 1 aliphatic rings. The Balaban J connectivity index is 2.23. The van der Waals surface area contributed by atoms with Crippen LogP contribution in [0.3, 0.4) is 0 Å². The molecular formula is C21H32N2O2S. The molecule has 0 saturated carbocycles. The standard InChI is InChI=1S/C21H32N2O2S/c1-7-14(3)22-19(24)17-13-26-18(8-2)23(17)20(25)15-9-11-16(12-10-15)21(4,5)6/h9-12,14,17-18H,7-8,13H2,1-6H3,(H,22,24). The number of hydrogen-bond acceptors (Lipinski definition) is 3. The lowest BCUT2D eigenvalue weighted by Gasteiger charge is -2.29. The van der Waals surface area contributed by atoms with Crippen molar-refractivity contribution in [3.8, 4) is 0 Å². The van der Waals surface area contributed by atoms with Crippen LogP contribution in [0.4, 0.5) is 0 Å². The largest absolute Gasteiger partial charge is 0.352 e. The van der Waals surface area contributed by atoms with Gasteiger partial charge in [-0.1, -0.05) is 46.8 Å². The summed E-state index contributed by atoms with van der Waals surface area (Å²) in [5.41, 5.74) is 1.90. The van der Waals surface area contributed by atoms with Gasteiger partial charge in [-0.25, -0.2) is 0 Å². The minimum Gasteiger partial charge on any atom is -0.352 e. The third kappa shape index (κ3) is 4.61. The fraction of sp³-hybridized carbons (Fsp3) is 0.619. The van der Waals surface area contributed by atoms with Crippen molar-refractivity contribution in [1.29, 1.82) is 0 Å². The summed E-state index contributed by atoms with van der Waals surface area (Å²) in [5, 5.41) is 3.09. The maximum Gasteiger partial charge on any atom is 0.255 e. The smallest absolute Gasteiger partial charge is 0.255 e. The minimum atomic E-state index is -0.395. The molecule has 0 bridgehead atoms. The zero-order chi connectivity index (χ0) is 19.5. The van der Waals surface area contributed by atoms with Gasteiger partial charge in [-0.2, -0.15) is 0 Å². The first-order valence-electron chi connectivity index (χ1n) is 9.54. The molecule has 1 N–H and O–H groups in total. The van der Waals surface area contributed by atoms with Gasteiger partial charge in [0.15, 0.2) is 0 Å². The Kier molecular flexibility index (Phi) is 6.78. The highest BCUT2D eigenvalue weighted by molar-refractivity contribution is 8.00. The molecule has 2 amide bonds. The summed E-state index contributed by atoms with van der Waals surface area (Å²) in [6.45, 7) is 12.6. The van der Waals surface area contributed by atoms with Gasteiger partial charge in [-0.3, -0.25) is 9.59 Å². The van der Waals surface area contributed by atoms with Crippen molar-refractivity contribution in [2.75, 3.05) is 5.75 Å². The Bertz CT molecular complexity index is 636. The van der Waals surface area contributed by atoms with Crippen molar-refractivity contribution in [3.63, 3.8) is 0 Å². The Labute approximate surface area is 162 Å². The van der Waals surface area contributed by atoms with Crippen molar-refractivity contribution >= 4 is 23.6 Å². The second-order valence-corrected chi connectivity index (χ2v) is 9.28. The van der Waals surface area contributed by atoms with E-state index in [1.165, 1.54) is 5.56 Å². The zero-order valence-corrected chi connectivity index (χ0v) is 17.7. The molecule has 2 rings (SSSR count). The van der Waals surface area contributed by atoms with Gasteiger partial charge in [0.1, 0.15) is 6.04 Å². The highest BCUT2D eigenvalue weighted by Crippen LogP contribution is 2.33. The maximum atomic E-state index is 13.2. The lowest BCUT2D eigenvalue weighted by atomic mass is 9.86. The topological polar surface area (TPSA) is 49.4 Å². The highest BCUT2D eigenvalue weighted by atomic mass is 32.2. The van der Waals surface area contributed by atoms with Gasteiger partial charge in [0, 0.05) is 17.4 Å². The molecule has 144 valence electrons. The van der Waals surface area contributed by atoms with E-state index < -0.39 is 6.04 Å². The Morgan fingerprint density at radius 1 is 1.23 bits per heavy atom. The molecule has 3 unspecified atom stereocenters. The Hall–Kier alpha value is -1.49. The molecule has 4 nitrogen and oxygen atoms in total. The molecule has 0 spiro atoms. The number of carbonyl (C=O) groups is 2. The summed E-state index contributed by atoms with van der Waals surface area (Å²) in [6, 6.07) is 7.55. The summed E-state index contributed by atoms with van der Waals surface area (Å²) in [4.78, 5) is 27.7. The Morgan fingerprint density at radius 2 is 1.85 bits per heavy atom. The second-order valence-electron chi connectivity index (χ2n) is 8.07. The van der Waals surface area contributed by atoms with Crippen LogP contribution in [0.15, 0.2) is 24.3 Å².